The van der Waals surface area contributed by atoms with Crippen molar-refractivity contribution in [1.29, 1.82) is 0 Å². The van der Waals surface area contributed by atoms with E-state index in [0.29, 0.717) is 43.3 Å². The average molecular weight is 406 g/mol. The van der Waals surface area contributed by atoms with Crippen LogP contribution in [0, 0.1) is 0 Å². The summed E-state index contributed by atoms with van der Waals surface area (Å²) in [5, 5.41) is 7.38. The first-order chi connectivity index (χ1) is 13.9. The van der Waals surface area contributed by atoms with Crippen LogP contribution in [0.4, 0.5) is 13.2 Å². The number of rotatable bonds is 4. The molecule has 1 amide bonds. The van der Waals surface area contributed by atoms with Crippen molar-refractivity contribution in [2.45, 2.75) is 31.5 Å². The first kappa shape index (κ1) is 19.1. The van der Waals surface area contributed by atoms with Gasteiger partial charge in [0.25, 0.3) is 0 Å². The molecule has 11 heteroatoms. The van der Waals surface area contributed by atoms with Gasteiger partial charge in [0.1, 0.15) is 12.2 Å². The van der Waals surface area contributed by atoms with Crippen LogP contribution >= 0.6 is 0 Å². The van der Waals surface area contributed by atoms with Gasteiger partial charge in [0.05, 0.1) is 0 Å². The van der Waals surface area contributed by atoms with Crippen LogP contribution in [0.15, 0.2) is 41.2 Å². The van der Waals surface area contributed by atoms with Gasteiger partial charge in [0.15, 0.2) is 5.69 Å². The number of alkyl halides is 3. The van der Waals surface area contributed by atoms with Crippen LogP contribution in [0.25, 0.3) is 11.5 Å². The molecular formula is C18H17F3N6O2. The van der Waals surface area contributed by atoms with Crippen LogP contribution in [0.5, 0.6) is 0 Å². The predicted octanol–water partition coefficient (Wildman–Crippen LogP) is 2.75. The first-order valence-corrected chi connectivity index (χ1v) is 9.03. The highest BCUT2D eigenvalue weighted by molar-refractivity contribution is 5.76. The Morgan fingerprint density at radius 3 is 2.66 bits per heavy atom. The Bertz CT molecular complexity index is 977. The second-order valence-corrected chi connectivity index (χ2v) is 6.72. The van der Waals surface area contributed by atoms with Gasteiger partial charge < -0.3 is 9.42 Å². The number of likely N-dealkylation sites (tertiary alicyclic amines) is 1. The zero-order chi connectivity index (χ0) is 20.4. The molecule has 8 nitrogen and oxygen atoms in total. The van der Waals surface area contributed by atoms with E-state index < -0.39 is 11.9 Å². The molecule has 0 atom stereocenters. The Morgan fingerprint density at radius 2 is 2.00 bits per heavy atom. The molecule has 4 rings (SSSR count). The highest BCUT2D eigenvalue weighted by Gasteiger charge is 2.34. The van der Waals surface area contributed by atoms with E-state index in [1.54, 1.807) is 23.2 Å². The highest BCUT2D eigenvalue weighted by atomic mass is 19.4. The number of piperidine rings is 1. The van der Waals surface area contributed by atoms with E-state index in [4.69, 9.17) is 4.52 Å². The normalized spacial score (nSPS) is 15.6. The second-order valence-electron chi connectivity index (χ2n) is 6.72. The molecule has 0 bridgehead atoms. The Balaban J connectivity index is 1.33. The lowest BCUT2D eigenvalue weighted by Crippen LogP contribution is -2.39. The van der Waals surface area contributed by atoms with E-state index in [9.17, 15) is 18.0 Å². The van der Waals surface area contributed by atoms with Gasteiger partial charge in [-0.25, -0.2) is 0 Å². The molecule has 152 valence electrons. The number of hydrogen-bond acceptors (Lipinski definition) is 6. The Hall–Kier alpha value is -3.24. The summed E-state index contributed by atoms with van der Waals surface area (Å²) in [6.45, 7) is 0.682. The topological polar surface area (TPSA) is 89.9 Å². The van der Waals surface area contributed by atoms with Gasteiger partial charge in [-0.05, 0) is 31.0 Å². The third-order valence-corrected chi connectivity index (χ3v) is 4.76. The van der Waals surface area contributed by atoms with Crippen LogP contribution in [-0.2, 0) is 17.5 Å². The van der Waals surface area contributed by atoms with Crippen molar-refractivity contribution in [2.75, 3.05) is 13.1 Å². The number of aromatic nitrogens is 5. The van der Waals surface area contributed by atoms with Crippen molar-refractivity contribution in [1.82, 2.24) is 29.8 Å². The molecule has 0 aromatic carbocycles. The minimum Gasteiger partial charge on any atom is -0.341 e. The third kappa shape index (κ3) is 4.28. The Kier molecular flexibility index (Phi) is 5.03. The van der Waals surface area contributed by atoms with Crippen molar-refractivity contribution in [3.63, 3.8) is 0 Å². The lowest BCUT2D eigenvalue weighted by molar-refractivity contribution is -0.142. The number of hydrogen-bond donors (Lipinski definition) is 0. The van der Waals surface area contributed by atoms with Crippen molar-refractivity contribution < 1.29 is 22.5 Å². The van der Waals surface area contributed by atoms with Gasteiger partial charge in [-0.2, -0.15) is 23.3 Å². The van der Waals surface area contributed by atoms with E-state index in [0.717, 1.165) is 16.9 Å². The van der Waals surface area contributed by atoms with Gasteiger partial charge >= 0.3 is 6.18 Å². The molecule has 1 aliphatic rings. The monoisotopic (exact) mass is 406 g/mol. The standard InChI is InChI=1S/C18H17F3N6O2/c19-18(20,21)14-6-10-27(24-14)11-15(28)26-8-4-12(5-9-26)17-23-16(25-29-17)13-3-1-2-7-22-13/h1-3,6-7,10,12H,4-5,8-9,11H2. The summed E-state index contributed by atoms with van der Waals surface area (Å²) in [5.74, 6) is 0.656. The van der Waals surface area contributed by atoms with Gasteiger partial charge in [0, 0.05) is 31.4 Å². The molecule has 0 radical (unpaired) electrons. The number of pyridine rings is 1. The van der Waals surface area contributed by atoms with E-state index in [1.165, 1.54) is 0 Å². The molecule has 1 saturated heterocycles. The van der Waals surface area contributed by atoms with Crippen LogP contribution in [-0.4, -0.2) is 48.8 Å². The van der Waals surface area contributed by atoms with E-state index in [-0.39, 0.29) is 18.4 Å². The fourth-order valence-corrected chi connectivity index (χ4v) is 3.22. The molecule has 1 fully saturated rings. The summed E-state index contributed by atoms with van der Waals surface area (Å²) in [6, 6.07) is 6.27. The average Bonchev–Trinajstić information content (AvgIpc) is 3.38. The van der Waals surface area contributed by atoms with Gasteiger partial charge in [0.2, 0.25) is 17.6 Å². The maximum absolute atomic E-state index is 12.6. The zero-order valence-corrected chi connectivity index (χ0v) is 15.2. The lowest BCUT2D eigenvalue weighted by Gasteiger charge is -2.30. The molecule has 29 heavy (non-hydrogen) atoms. The van der Waals surface area contributed by atoms with Crippen LogP contribution in [0.1, 0.15) is 30.3 Å². The summed E-state index contributed by atoms with van der Waals surface area (Å²) in [6.07, 6.45) is -0.465. The fourth-order valence-electron chi connectivity index (χ4n) is 3.22. The SMILES string of the molecule is O=C(Cn1ccc(C(F)(F)F)n1)N1CCC(c2nc(-c3ccccn3)no2)CC1. The quantitative estimate of drug-likeness (QED) is 0.662. The second kappa shape index (κ2) is 7.64. The molecule has 0 saturated carbocycles. The van der Waals surface area contributed by atoms with Crippen molar-refractivity contribution in [3.05, 3.63) is 48.2 Å². The molecule has 0 N–H and O–H groups in total. The third-order valence-electron chi connectivity index (χ3n) is 4.76. The van der Waals surface area contributed by atoms with Crippen molar-refractivity contribution in [3.8, 4) is 11.5 Å². The molecule has 4 heterocycles. The van der Waals surface area contributed by atoms with Gasteiger partial charge in [-0.1, -0.05) is 11.2 Å². The molecule has 0 spiro atoms. The molecule has 3 aromatic rings. The van der Waals surface area contributed by atoms with Crippen LogP contribution in [0.3, 0.4) is 0 Å². The Labute approximate surface area is 163 Å². The maximum Gasteiger partial charge on any atom is 0.435 e. The maximum atomic E-state index is 12.6. The summed E-state index contributed by atoms with van der Waals surface area (Å²) in [4.78, 5) is 22.6. The summed E-state index contributed by atoms with van der Waals surface area (Å²) in [7, 11) is 0. The smallest absolute Gasteiger partial charge is 0.341 e. The van der Waals surface area contributed by atoms with E-state index >= 15 is 0 Å². The molecule has 3 aromatic heterocycles. The zero-order valence-electron chi connectivity index (χ0n) is 15.2. The minimum absolute atomic E-state index is 0.0190. The number of amides is 1. The molecular weight excluding hydrogens is 389 g/mol. The lowest BCUT2D eigenvalue weighted by atomic mass is 9.96. The van der Waals surface area contributed by atoms with Crippen LogP contribution < -0.4 is 0 Å². The minimum atomic E-state index is -4.52. The van der Waals surface area contributed by atoms with E-state index in [1.807, 2.05) is 6.07 Å². The summed E-state index contributed by atoms with van der Waals surface area (Å²) in [5.41, 5.74) is -0.392. The molecule has 0 unspecified atom stereocenters. The van der Waals surface area contributed by atoms with Crippen LogP contribution in [0.2, 0.25) is 0 Å². The number of carbonyl (C=O) groups excluding carboxylic acids is 1. The molecule has 0 aliphatic carbocycles. The Morgan fingerprint density at radius 1 is 1.21 bits per heavy atom. The number of halogens is 3. The first-order valence-electron chi connectivity index (χ1n) is 9.03. The fraction of sp³-hybridized carbons (Fsp3) is 0.389. The highest BCUT2D eigenvalue weighted by Crippen LogP contribution is 2.29. The van der Waals surface area contributed by atoms with Gasteiger partial charge in [-0.3, -0.25) is 14.5 Å². The van der Waals surface area contributed by atoms with Crippen molar-refractivity contribution in [2.24, 2.45) is 0 Å². The summed E-state index contributed by atoms with van der Waals surface area (Å²) < 4.78 is 44.2. The number of carbonyl (C=O) groups is 1. The predicted molar refractivity (Wildman–Crippen MR) is 93.3 cm³/mol. The van der Waals surface area contributed by atoms with Crippen molar-refractivity contribution >= 4 is 5.91 Å². The van der Waals surface area contributed by atoms with E-state index in [2.05, 4.69) is 20.2 Å². The molecule has 1 aliphatic heterocycles. The largest absolute Gasteiger partial charge is 0.435 e. The van der Waals surface area contributed by atoms with Gasteiger partial charge in [-0.15, -0.1) is 0 Å². The summed E-state index contributed by atoms with van der Waals surface area (Å²) >= 11 is 0. The number of nitrogens with zero attached hydrogens (tertiary/aromatic N) is 6.